The van der Waals surface area contributed by atoms with Crippen molar-refractivity contribution in [3.8, 4) is 0 Å². The summed E-state index contributed by atoms with van der Waals surface area (Å²) >= 11 is 6.16. The van der Waals surface area contributed by atoms with Gasteiger partial charge >= 0.3 is 5.97 Å². The average molecular weight is 461 g/mol. The van der Waals surface area contributed by atoms with Crippen LogP contribution in [0.3, 0.4) is 0 Å². The minimum Gasteiger partial charge on any atom is -0.452 e. The van der Waals surface area contributed by atoms with Gasteiger partial charge in [0.1, 0.15) is 5.76 Å². The first-order chi connectivity index (χ1) is 14.8. The molecular weight excluding hydrogens is 440 g/mol. The van der Waals surface area contributed by atoms with E-state index >= 15 is 0 Å². The Balaban J connectivity index is 1.54. The molecule has 0 fully saturated rings. The van der Waals surface area contributed by atoms with Gasteiger partial charge in [-0.3, -0.25) is 0 Å². The third kappa shape index (κ3) is 4.37. The van der Waals surface area contributed by atoms with Crippen molar-refractivity contribution in [1.29, 1.82) is 0 Å². The zero-order valence-corrected chi connectivity index (χ0v) is 18.7. The van der Waals surface area contributed by atoms with E-state index in [1.165, 1.54) is 22.5 Å². The monoisotopic (exact) mass is 460 g/mol. The van der Waals surface area contributed by atoms with E-state index in [4.69, 9.17) is 20.8 Å². The Labute approximate surface area is 185 Å². The fourth-order valence-corrected chi connectivity index (χ4v) is 5.09. The molecule has 0 N–H and O–H groups in total. The Hall–Kier alpha value is -2.68. The molecule has 1 aliphatic rings. The molecule has 0 atom stereocenters. The topological polar surface area (TPSA) is 89.7 Å². The molecule has 0 amide bonds. The number of sulfonamides is 1. The van der Waals surface area contributed by atoms with E-state index in [9.17, 15) is 13.2 Å². The van der Waals surface area contributed by atoms with E-state index in [2.05, 4.69) is 4.98 Å². The fourth-order valence-electron chi connectivity index (χ4n) is 3.45. The van der Waals surface area contributed by atoms with Crippen LogP contribution in [-0.4, -0.2) is 30.2 Å². The molecule has 0 aliphatic carbocycles. The van der Waals surface area contributed by atoms with E-state index in [-0.39, 0.29) is 34.5 Å². The van der Waals surface area contributed by atoms with Gasteiger partial charge in [-0.15, -0.1) is 0 Å². The summed E-state index contributed by atoms with van der Waals surface area (Å²) in [6.45, 7) is 4.02. The van der Waals surface area contributed by atoms with Crippen molar-refractivity contribution in [3.63, 3.8) is 0 Å². The number of aryl methyl sites for hydroxylation is 2. The molecule has 4 rings (SSSR count). The van der Waals surface area contributed by atoms with Crippen LogP contribution in [-0.2, 0) is 34.3 Å². The number of hydrogen-bond donors (Lipinski definition) is 0. The highest BCUT2D eigenvalue weighted by atomic mass is 35.5. The lowest BCUT2D eigenvalue weighted by Gasteiger charge is -2.28. The number of carbonyl (C=O) groups excluding carboxylic acids is 1. The summed E-state index contributed by atoms with van der Waals surface area (Å²) in [7, 11) is -3.81. The number of halogens is 1. The summed E-state index contributed by atoms with van der Waals surface area (Å²) in [5.41, 5.74) is 2.80. The lowest BCUT2D eigenvalue weighted by molar-refractivity contribution is 0.0437. The number of aromatic nitrogens is 1. The highest BCUT2D eigenvalue weighted by molar-refractivity contribution is 7.89. The summed E-state index contributed by atoms with van der Waals surface area (Å²) < 4.78 is 38.5. The zero-order valence-electron chi connectivity index (χ0n) is 17.1. The lowest BCUT2D eigenvalue weighted by atomic mass is 10.0. The van der Waals surface area contributed by atoms with E-state index in [0.29, 0.717) is 24.4 Å². The Morgan fingerprint density at radius 3 is 2.65 bits per heavy atom. The van der Waals surface area contributed by atoms with Crippen LogP contribution in [0.25, 0.3) is 0 Å². The quantitative estimate of drug-likeness (QED) is 0.533. The molecule has 0 saturated heterocycles. The van der Waals surface area contributed by atoms with Crippen LogP contribution in [0, 0.1) is 13.8 Å². The molecule has 31 heavy (non-hydrogen) atoms. The third-order valence-corrected chi connectivity index (χ3v) is 7.46. The number of rotatable bonds is 5. The van der Waals surface area contributed by atoms with E-state index in [1.54, 1.807) is 13.8 Å². The van der Waals surface area contributed by atoms with Crippen molar-refractivity contribution in [2.75, 3.05) is 6.54 Å². The summed E-state index contributed by atoms with van der Waals surface area (Å²) in [4.78, 5) is 16.7. The first kappa shape index (κ1) is 21.5. The van der Waals surface area contributed by atoms with Gasteiger partial charge in [-0.05, 0) is 49.6 Å². The SMILES string of the molecule is Cc1nc(COC(=O)c2cc(S(=O)(=O)N3CCc4ccccc4C3)ccc2Cl)oc1C. The predicted molar refractivity (Wildman–Crippen MR) is 114 cm³/mol. The Kier molecular flexibility index (Phi) is 5.88. The normalized spacial score (nSPS) is 14.3. The molecule has 0 unspecified atom stereocenters. The van der Waals surface area contributed by atoms with E-state index in [0.717, 1.165) is 11.1 Å². The number of oxazole rings is 1. The molecule has 9 heteroatoms. The summed E-state index contributed by atoms with van der Waals surface area (Å²) in [6.07, 6.45) is 0.632. The van der Waals surface area contributed by atoms with Crippen LogP contribution in [0.4, 0.5) is 0 Å². The number of nitrogens with zero attached hydrogens (tertiary/aromatic N) is 2. The zero-order chi connectivity index (χ0) is 22.2. The van der Waals surface area contributed by atoms with Crippen LogP contribution in [0.2, 0.25) is 5.02 Å². The van der Waals surface area contributed by atoms with Gasteiger partial charge in [-0.1, -0.05) is 35.9 Å². The predicted octanol–water partition coefficient (Wildman–Crippen LogP) is 4.05. The molecular formula is C22H21ClN2O5S. The van der Waals surface area contributed by atoms with Crippen molar-refractivity contribution >= 4 is 27.6 Å². The highest BCUT2D eigenvalue weighted by Gasteiger charge is 2.29. The molecule has 1 aromatic heterocycles. The van der Waals surface area contributed by atoms with Crippen LogP contribution in [0.15, 0.2) is 51.8 Å². The van der Waals surface area contributed by atoms with Gasteiger partial charge in [-0.25, -0.2) is 18.2 Å². The number of hydrogen-bond acceptors (Lipinski definition) is 6. The molecule has 0 radical (unpaired) electrons. The van der Waals surface area contributed by atoms with Crippen LogP contribution >= 0.6 is 11.6 Å². The molecule has 1 aliphatic heterocycles. The standard InChI is InChI=1S/C22H21ClN2O5S/c1-14-15(2)30-21(24-14)13-29-22(26)19-11-18(7-8-20(19)23)31(27,28)25-10-9-16-5-3-4-6-17(16)12-25/h3-8,11H,9-10,12-13H2,1-2H3. The summed E-state index contributed by atoms with van der Waals surface area (Å²) in [5.74, 6) is 0.148. The number of fused-ring (bicyclic) bond motifs is 1. The van der Waals surface area contributed by atoms with Gasteiger partial charge in [0.15, 0.2) is 6.61 Å². The van der Waals surface area contributed by atoms with Gasteiger partial charge in [0, 0.05) is 13.1 Å². The minimum atomic E-state index is -3.81. The Morgan fingerprint density at radius 2 is 1.94 bits per heavy atom. The van der Waals surface area contributed by atoms with Crippen molar-refractivity contribution in [1.82, 2.24) is 9.29 Å². The minimum absolute atomic E-state index is 0.00829. The summed E-state index contributed by atoms with van der Waals surface area (Å²) in [6, 6.07) is 11.8. The van der Waals surface area contributed by atoms with Crippen molar-refractivity contribution in [3.05, 3.63) is 81.5 Å². The van der Waals surface area contributed by atoms with Crippen molar-refractivity contribution in [2.45, 2.75) is 38.3 Å². The molecule has 0 bridgehead atoms. The lowest BCUT2D eigenvalue weighted by Crippen LogP contribution is -2.36. The van der Waals surface area contributed by atoms with Gasteiger partial charge in [0.25, 0.3) is 0 Å². The van der Waals surface area contributed by atoms with Crippen LogP contribution < -0.4 is 0 Å². The smallest absolute Gasteiger partial charge is 0.340 e. The largest absolute Gasteiger partial charge is 0.452 e. The molecule has 0 saturated carbocycles. The molecule has 3 aromatic rings. The number of benzene rings is 2. The van der Waals surface area contributed by atoms with Crippen molar-refractivity contribution in [2.24, 2.45) is 0 Å². The first-order valence-corrected chi connectivity index (χ1v) is 11.5. The molecule has 2 aromatic carbocycles. The van der Waals surface area contributed by atoms with Gasteiger partial charge in [-0.2, -0.15) is 4.31 Å². The Morgan fingerprint density at radius 1 is 1.19 bits per heavy atom. The Bertz CT molecular complexity index is 1230. The van der Waals surface area contributed by atoms with Crippen LogP contribution in [0.5, 0.6) is 0 Å². The molecule has 0 spiro atoms. The number of esters is 1. The van der Waals surface area contributed by atoms with E-state index < -0.39 is 16.0 Å². The maximum atomic E-state index is 13.2. The van der Waals surface area contributed by atoms with Gasteiger partial charge in [0.05, 0.1) is 21.2 Å². The highest BCUT2D eigenvalue weighted by Crippen LogP contribution is 2.28. The average Bonchev–Trinajstić information content (AvgIpc) is 3.09. The van der Waals surface area contributed by atoms with Crippen molar-refractivity contribution < 1.29 is 22.4 Å². The number of carbonyl (C=O) groups is 1. The second-order valence-corrected chi connectivity index (χ2v) is 9.67. The maximum absolute atomic E-state index is 13.2. The van der Waals surface area contributed by atoms with E-state index in [1.807, 2.05) is 24.3 Å². The molecule has 7 nitrogen and oxygen atoms in total. The molecule has 2 heterocycles. The maximum Gasteiger partial charge on any atom is 0.340 e. The second kappa shape index (κ2) is 8.45. The van der Waals surface area contributed by atoms with Gasteiger partial charge in [0.2, 0.25) is 15.9 Å². The number of ether oxygens (including phenoxy) is 1. The second-order valence-electron chi connectivity index (χ2n) is 7.32. The van der Waals surface area contributed by atoms with Crippen LogP contribution in [0.1, 0.15) is 38.8 Å². The third-order valence-electron chi connectivity index (χ3n) is 5.29. The van der Waals surface area contributed by atoms with Gasteiger partial charge < -0.3 is 9.15 Å². The fraction of sp³-hybridized carbons (Fsp3) is 0.273. The molecule has 162 valence electrons. The first-order valence-electron chi connectivity index (χ1n) is 9.72. The summed E-state index contributed by atoms with van der Waals surface area (Å²) in [5, 5.41) is 0.104.